The van der Waals surface area contributed by atoms with Gasteiger partial charge in [0, 0.05) is 0 Å². The smallest absolute Gasteiger partial charge is 0.192 e. The summed E-state index contributed by atoms with van der Waals surface area (Å²) in [5.41, 5.74) is 0. The van der Waals surface area contributed by atoms with Gasteiger partial charge in [0.05, 0.1) is 13.2 Å². The fraction of sp³-hybridized carbons (Fsp3) is 1.00. The summed E-state index contributed by atoms with van der Waals surface area (Å²) in [5.74, 6) is 0. The summed E-state index contributed by atoms with van der Waals surface area (Å²) >= 11 is 0. The first-order chi connectivity index (χ1) is 10.8. The summed E-state index contributed by atoms with van der Waals surface area (Å²) in [6.45, 7) is -1.44. The molecule has 0 bridgehead atoms. The lowest BCUT2D eigenvalue weighted by Crippen LogP contribution is -2.63. The van der Waals surface area contributed by atoms with E-state index >= 15 is 0 Å². The van der Waals surface area contributed by atoms with Crippen LogP contribution in [0.25, 0.3) is 0 Å². The number of ether oxygens (including phenoxy) is 3. The molecule has 0 aromatic rings. The lowest BCUT2D eigenvalue weighted by atomic mass is 9.97. The molecule has 0 aromatic carbocycles. The van der Waals surface area contributed by atoms with Crippen molar-refractivity contribution in [3.63, 3.8) is 0 Å². The number of hydrogen-bond donors (Lipinski definition) is 7. The maximum Gasteiger partial charge on any atom is 0.192 e. The first-order valence-corrected chi connectivity index (χ1v) is 7.04. The number of rotatable bonds is 4. The second-order valence-electron chi connectivity index (χ2n) is 5.48. The lowest BCUT2D eigenvalue weighted by molar-refractivity contribution is -0.348. The molecule has 2 aliphatic heterocycles. The number of aliphatic hydroxyl groups excluding tert-OH is 7. The molecule has 11 heteroatoms. The maximum atomic E-state index is 14.1. The van der Waals surface area contributed by atoms with Crippen LogP contribution in [0.2, 0.25) is 0 Å². The van der Waals surface area contributed by atoms with Crippen LogP contribution < -0.4 is 0 Å². The van der Waals surface area contributed by atoms with Crippen molar-refractivity contribution in [1.82, 2.24) is 0 Å². The predicted octanol–water partition coefficient (Wildman–Crippen LogP) is -4.42. The number of alkyl halides is 1. The van der Waals surface area contributed by atoms with Crippen LogP contribution in [-0.2, 0) is 14.2 Å². The van der Waals surface area contributed by atoms with E-state index in [1.165, 1.54) is 0 Å². The Balaban J connectivity index is 2.11. The highest BCUT2D eigenvalue weighted by Gasteiger charge is 2.50. The van der Waals surface area contributed by atoms with Crippen molar-refractivity contribution in [3.05, 3.63) is 0 Å². The van der Waals surface area contributed by atoms with Crippen LogP contribution >= 0.6 is 0 Å². The molecule has 2 fully saturated rings. The molecule has 0 radical (unpaired) electrons. The van der Waals surface area contributed by atoms with Crippen LogP contribution in [-0.4, -0.2) is 110 Å². The highest BCUT2D eigenvalue weighted by Crippen LogP contribution is 2.29. The Hall–Kier alpha value is -0.470. The van der Waals surface area contributed by atoms with Gasteiger partial charge in [0.1, 0.15) is 42.7 Å². The van der Waals surface area contributed by atoms with E-state index in [1.807, 2.05) is 0 Å². The average molecular weight is 343 g/mol. The summed E-state index contributed by atoms with van der Waals surface area (Å²) in [5, 5.41) is 66.2. The molecule has 0 saturated carbocycles. The van der Waals surface area contributed by atoms with Crippen LogP contribution in [0.1, 0.15) is 0 Å². The van der Waals surface area contributed by atoms with Gasteiger partial charge in [0.25, 0.3) is 0 Å². The molecule has 136 valence electrons. The molecular weight excluding hydrogens is 322 g/mol. The van der Waals surface area contributed by atoms with Crippen LogP contribution in [0.5, 0.6) is 0 Å². The monoisotopic (exact) mass is 343 g/mol. The molecule has 0 aromatic heterocycles. The second kappa shape index (κ2) is 7.61. The van der Waals surface area contributed by atoms with Gasteiger partial charge < -0.3 is 50.0 Å². The topological polar surface area (TPSA) is 169 Å². The van der Waals surface area contributed by atoms with E-state index in [0.29, 0.717) is 0 Å². The first kappa shape index (κ1) is 18.9. The third kappa shape index (κ3) is 3.64. The van der Waals surface area contributed by atoms with E-state index in [2.05, 4.69) is 0 Å². The average Bonchev–Trinajstić information content (AvgIpc) is 2.55. The van der Waals surface area contributed by atoms with Gasteiger partial charge >= 0.3 is 0 Å². The molecule has 0 aliphatic carbocycles. The van der Waals surface area contributed by atoms with Crippen molar-refractivity contribution in [2.24, 2.45) is 0 Å². The zero-order valence-electron chi connectivity index (χ0n) is 11.9. The number of aliphatic hydroxyl groups is 7. The van der Waals surface area contributed by atoms with Crippen LogP contribution in [0.3, 0.4) is 0 Å². The Bertz CT molecular complexity index is 383. The fourth-order valence-electron chi connectivity index (χ4n) is 2.55. The van der Waals surface area contributed by atoms with E-state index < -0.39 is 74.7 Å². The minimum atomic E-state index is -2.22. The third-order valence-corrected chi connectivity index (χ3v) is 3.94. The molecule has 10 nitrogen and oxygen atoms in total. The van der Waals surface area contributed by atoms with Crippen molar-refractivity contribution in [1.29, 1.82) is 0 Å². The molecule has 23 heavy (non-hydrogen) atoms. The Morgan fingerprint density at radius 3 is 1.96 bits per heavy atom. The first-order valence-electron chi connectivity index (χ1n) is 7.04. The molecule has 2 heterocycles. The number of hydrogen-bond acceptors (Lipinski definition) is 10. The van der Waals surface area contributed by atoms with Crippen LogP contribution in [0.15, 0.2) is 0 Å². The minimum Gasteiger partial charge on any atom is -0.394 e. The zero-order valence-corrected chi connectivity index (χ0v) is 11.9. The predicted molar refractivity (Wildman–Crippen MR) is 67.5 cm³/mol. The van der Waals surface area contributed by atoms with Crippen molar-refractivity contribution >= 4 is 0 Å². The largest absolute Gasteiger partial charge is 0.394 e. The van der Waals surface area contributed by atoms with Gasteiger partial charge in [0.15, 0.2) is 18.8 Å². The van der Waals surface area contributed by atoms with Gasteiger partial charge in [-0.1, -0.05) is 0 Å². The Morgan fingerprint density at radius 1 is 0.783 bits per heavy atom. The summed E-state index contributed by atoms with van der Waals surface area (Å²) in [7, 11) is 0. The Morgan fingerprint density at radius 2 is 1.39 bits per heavy atom. The van der Waals surface area contributed by atoms with Crippen molar-refractivity contribution in [2.45, 2.75) is 61.5 Å². The van der Waals surface area contributed by atoms with Gasteiger partial charge in [-0.15, -0.1) is 0 Å². The summed E-state index contributed by atoms with van der Waals surface area (Å²) in [6.07, 6.45) is -17.0. The third-order valence-electron chi connectivity index (χ3n) is 3.94. The highest BCUT2D eigenvalue weighted by molar-refractivity contribution is 4.93. The van der Waals surface area contributed by atoms with E-state index in [0.717, 1.165) is 0 Å². The van der Waals surface area contributed by atoms with Crippen LogP contribution in [0.4, 0.5) is 4.39 Å². The molecule has 1 unspecified atom stereocenters. The summed E-state index contributed by atoms with van der Waals surface area (Å²) in [4.78, 5) is 0. The molecule has 10 atom stereocenters. The quantitative estimate of drug-likeness (QED) is 0.264. The van der Waals surface area contributed by atoms with Crippen molar-refractivity contribution < 1.29 is 54.3 Å². The molecule has 7 N–H and O–H groups in total. The fourth-order valence-corrected chi connectivity index (χ4v) is 2.55. The van der Waals surface area contributed by atoms with Crippen LogP contribution in [0, 0.1) is 0 Å². The van der Waals surface area contributed by atoms with Gasteiger partial charge in [0.2, 0.25) is 0 Å². The van der Waals surface area contributed by atoms with Gasteiger partial charge in [-0.3, -0.25) is 0 Å². The second-order valence-corrected chi connectivity index (χ2v) is 5.48. The molecule has 2 rings (SSSR count). The van der Waals surface area contributed by atoms with Gasteiger partial charge in [-0.05, 0) is 0 Å². The normalized spacial score (nSPS) is 51.7. The number of halogens is 1. The molecule has 2 saturated heterocycles. The van der Waals surface area contributed by atoms with E-state index in [9.17, 15) is 35.0 Å². The Kier molecular flexibility index (Phi) is 6.24. The Labute approximate surface area is 130 Å². The zero-order chi connectivity index (χ0) is 17.3. The summed E-state index contributed by atoms with van der Waals surface area (Å²) in [6, 6.07) is 0. The minimum absolute atomic E-state index is 0.718. The van der Waals surface area contributed by atoms with Gasteiger partial charge in [-0.25, -0.2) is 4.39 Å². The highest BCUT2D eigenvalue weighted by atomic mass is 18.2. The van der Waals surface area contributed by atoms with Crippen molar-refractivity contribution in [2.75, 3.05) is 13.2 Å². The molecular formula is C12H21FO10. The molecule has 2 aliphatic rings. The van der Waals surface area contributed by atoms with E-state index in [1.54, 1.807) is 0 Å². The van der Waals surface area contributed by atoms with Crippen molar-refractivity contribution in [3.8, 4) is 0 Å². The van der Waals surface area contributed by atoms with E-state index in [-0.39, 0.29) is 0 Å². The lowest BCUT2D eigenvalue weighted by Gasteiger charge is -2.44. The van der Waals surface area contributed by atoms with Gasteiger partial charge in [-0.2, -0.15) is 0 Å². The summed E-state index contributed by atoms with van der Waals surface area (Å²) < 4.78 is 29.0. The molecule has 0 amide bonds. The maximum absolute atomic E-state index is 14.1. The SMILES string of the molecule is OC[C@H]1O[C@@H](O[C@H]2[C@H](O)[C@@H](O)C(O)O[C@@H]2CO)[C@H]([18F])[C@@H](O)[C@@H]1O. The molecule has 0 spiro atoms. The van der Waals surface area contributed by atoms with E-state index in [4.69, 9.17) is 19.3 Å². The standard InChI is InChI=1S/C12H21FO10/c13-5-7(17)6(16)3(1-14)22-12(5)23-10-4(2-15)21-11(20)9(19)8(10)18/h3-12,14-20H,1-2H2/t3-,4-,5-,6-,7-,8-,9-,10-,11?,12+/m1/s1/i13-1.